The molecule has 4 rings (SSSR count). The topological polar surface area (TPSA) is 84.4 Å². The van der Waals surface area contributed by atoms with Gasteiger partial charge in [-0.3, -0.25) is 4.79 Å². The van der Waals surface area contributed by atoms with E-state index in [4.69, 9.17) is 5.73 Å². The molecule has 0 radical (unpaired) electrons. The van der Waals surface area contributed by atoms with Crippen LogP contribution in [0.5, 0.6) is 0 Å². The Labute approximate surface area is 166 Å². The van der Waals surface area contributed by atoms with Gasteiger partial charge in [0, 0.05) is 37.6 Å². The number of aliphatic hydroxyl groups is 1. The smallest absolute Gasteiger partial charge is 0.269 e. The predicted molar refractivity (Wildman–Crippen MR) is 103 cm³/mol. The van der Waals surface area contributed by atoms with Gasteiger partial charge in [0.25, 0.3) is 11.8 Å². The number of hydrogen-bond acceptors (Lipinski definition) is 4. The molecule has 2 aromatic rings. The summed E-state index contributed by atoms with van der Waals surface area (Å²) in [6.45, 7) is 4.54. The van der Waals surface area contributed by atoms with E-state index in [1.54, 1.807) is 24.3 Å². The summed E-state index contributed by atoms with van der Waals surface area (Å²) in [7, 11) is 1.84. The van der Waals surface area contributed by atoms with E-state index >= 15 is 0 Å². The summed E-state index contributed by atoms with van der Waals surface area (Å²) in [4.78, 5) is 13.5. The number of nitrogens with two attached hydrogens (primary N) is 1. The molecule has 1 aliphatic heterocycles. The molecule has 0 spiro atoms. The normalized spacial score (nSPS) is 22.3. The Morgan fingerprint density at radius 2 is 2.14 bits per heavy atom. The Hall–Kier alpha value is -3.18. The molecule has 1 fully saturated rings. The van der Waals surface area contributed by atoms with Gasteiger partial charge in [0.1, 0.15) is 0 Å². The van der Waals surface area contributed by atoms with E-state index in [0.717, 1.165) is 0 Å². The minimum absolute atomic E-state index is 0.131. The number of hydrogen-bond donors (Lipinski definition) is 2. The molecule has 2 aliphatic rings. The van der Waals surface area contributed by atoms with Crippen LogP contribution in [-0.4, -0.2) is 50.8 Å². The monoisotopic (exact) mass is 398 g/mol. The molecular weight excluding hydrogens is 378 g/mol. The first kappa shape index (κ1) is 19.2. The average Bonchev–Trinajstić information content (AvgIpc) is 3.25. The molecule has 6 nitrogen and oxygen atoms in total. The highest BCUT2D eigenvalue weighted by atomic mass is 19.3. The van der Waals surface area contributed by atoms with E-state index in [-0.39, 0.29) is 17.0 Å². The third-order valence-electron chi connectivity index (χ3n) is 5.44. The van der Waals surface area contributed by atoms with Crippen LogP contribution in [0, 0.1) is 11.8 Å². The molecular formula is C21H20F2N4O2. The van der Waals surface area contributed by atoms with Crippen LogP contribution in [0.1, 0.15) is 33.7 Å². The molecule has 150 valence electrons. The van der Waals surface area contributed by atoms with Crippen LogP contribution >= 0.6 is 0 Å². The highest BCUT2D eigenvalue weighted by molar-refractivity contribution is 5.93. The SMILES string of the molecule is C=C1N(C)CC[C@@]1(O)C#Cc1cccc(-n2nc(C(N)=O)c3c2CC(F)(F)C3)c1. The number of rotatable bonds is 2. The number of nitrogens with zero attached hydrogens (tertiary/aromatic N) is 3. The van der Waals surface area contributed by atoms with Crippen molar-refractivity contribution in [1.82, 2.24) is 14.7 Å². The number of fused-ring (bicyclic) bond motifs is 1. The molecule has 3 N–H and O–H groups in total. The van der Waals surface area contributed by atoms with Crippen LogP contribution in [0.2, 0.25) is 0 Å². The largest absolute Gasteiger partial charge is 0.375 e. The summed E-state index contributed by atoms with van der Waals surface area (Å²) in [6, 6.07) is 6.82. The highest BCUT2D eigenvalue weighted by Gasteiger charge is 2.43. The van der Waals surface area contributed by atoms with Gasteiger partial charge in [-0.15, -0.1) is 0 Å². The van der Waals surface area contributed by atoms with E-state index in [9.17, 15) is 18.7 Å². The van der Waals surface area contributed by atoms with Crippen molar-refractivity contribution in [2.24, 2.45) is 5.73 Å². The summed E-state index contributed by atoms with van der Waals surface area (Å²) in [5, 5.41) is 14.8. The molecule has 0 bridgehead atoms. The van der Waals surface area contributed by atoms with Crippen LogP contribution in [0.4, 0.5) is 8.78 Å². The summed E-state index contributed by atoms with van der Waals surface area (Å²) in [6.07, 6.45) is -0.605. The van der Waals surface area contributed by atoms with E-state index in [1.165, 1.54) is 4.68 Å². The lowest BCUT2D eigenvalue weighted by Crippen LogP contribution is -2.26. The van der Waals surface area contributed by atoms with Crippen LogP contribution in [0.3, 0.4) is 0 Å². The number of benzene rings is 1. The molecule has 1 saturated heterocycles. The minimum Gasteiger partial charge on any atom is -0.375 e. The number of halogens is 2. The first-order chi connectivity index (χ1) is 13.6. The Morgan fingerprint density at radius 1 is 1.38 bits per heavy atom. The van der Waals surface area contributed by atoms with Gasteiger partial charge in [-0.2, -0.15) is 5.10 Å². The molecule has 1 aliphatic carbocycles. The van der Waals surface area contributed by atoms with Crippen LogP contribution in [0.25, 0.3) is 5.69 Å². The Kier molecular flexibility index (Phi) is 4.24. The third-order valence-corrected chi connectivity index (χ3v) is 5.44. The molecule has 1 aromatic heterocycles. The van der Waals surface area contributed by atoms with Crippen molar-refractivity contribution in [2.45, 2.75) is 30.8 Å². The van der Waals surface area contributed by atoms with Crippen molar-refractivity contribution < 1.29 is 18.7 Å². The molecule has 1 atom stereocenters. The second-order valence-corrected chi connectivity index (χ2v) is 7.54. The van der Waals surface area contributed by atoms with E-state index in [2.05, 4.69) is 23.5 Å². The number of primary amides is 1. The van der Waals surface area contributed by atoms with Crippen molar-refractivity contribution in [3.8, 4) is 17.5 Å². The fourth-order valence-corrected chi connectivity index (χ4v) is 3.78. The molecule has 29 heavy (non-hydrogen) atoms. The maximum Gasteiger partial charge on any atom is 0.269 e. The summed E-state index contributed by atoms with van der Waals surface area (Å²) >= 11 is 0. The van der Waals surface area contributed by atoms with Gasteiger partial charge in [0.15, 0.2) is 11.3 Å². The molecule has 0 unspecified atom stereocenters. The molecule has 0 saturated carbocycles. The third kappa shape index (κ3) is 3.28. The van der Waals surface area contributed by atoms with Gasteiger partial charge < -0.3 is 15.7 Å². The zero-order chi connectivity index (χ0) is 21.0. The maximum absolute atomic E-state index is 13.9. The second-order valence-electron chi connectivity index (χ2n) is 7.54. The van der Waals surface area contributed by atoms with E-state index in [1.807, 2.05) is 11.9 Å². The fourth-order valence-electron chi connectivity index (χ4n) is 3.78. The van der Waals surface area contributed by atoms with Crippen molar-refractivity contribution in [3.05, 3.63) is 59.1 Å². The number of likely N-dealkylation sites (N-methyl/N-ethyl adjacent to an activating group) is 1. The lowest BCUT2D eigenvalue weighted by atomic mass is 10.0. The maximum atomic E-state index is 13.9. The van der Waals surface area contributed by atoms with Crippen molar-refractivity contribution in [1.29, 1.82) is 0 Å². The van der Waals surface area contributed by atoms with Gasteiger partial charge in [0.05, 0.1) is 23.5 Å². The van der Waals surface area contributed by atoms with Gasteiger partial charge in [-0.05, 0) is 18.2 Å². The first-order valence-corrected chi connectivity index (χ1v) is 9.14. The summed E-state index contributed by atoms with van der Waals surface area (Å²) < 4.78 is 29.2. The van der Waals surface area contributed by atoms with Gasteiger partial charge in [0.2, 0.25) is 0 Å². The van der Waals surface area contributed by atoms with E-state index in [0.29, 0.717) is 29.9 Å². The summed E-state index contributed by atoms with van der Waals surface area (Å²) in [5.41, 5.74) is 5.99. The van der Waals surface area contributed by atoms with E-state index < -0.39 is 30.3 Å². The number of aromatic nitrogens is 2. The molecule has 1 aromatic carbocycles. The van der Waals surface area contributed by atoms with Gasteiger partial charge in [-0.1, -0.05) is 24.5 Å². The number of carbonyl (C=O) groups is 1. The van der Waals surface area contributed by atoms with Crippen LogP contribution < -0.4 is 5.73 Å². The zero-order valence-electron chi connectivity index (χ0n) is 15.9. The standard InChI is InChI=1S/C21H20F2N4O2/c1-13-20(29,8-9-26(13)2)7-6-14-4-3-5-15(10-14)27-17-12-21(22,23)11-16(17)18(25-27)19(24)28/h3-5,10,29H,1,8-9,11-12H2,2H3,(H2,24,28)/t20-/m0/s1. The second kappa shape index (κ2) is 6.42. The Balaban J connectivity index is 1.72. The van der Waals surface area contributed by atoms with Crippen molar-refractivity contribution >= 4 is 5.91 Å². The van der Waals surface area contributed by atoms with Crippen molar-refractivity contribution in [2.75, 3.05) is 13.6 Å². The molecule has 2 heterocycles. The fraction of sp³-hybridized carbons (Fsp3) is 0.333. The first-order valence-electron chi connectivity index (χ1n) is 9.14. The summed E-state index contributed by atoms with van der Waals surface area (Å²) in [5.74, 6) is 2.03. The number of likely N-dealkylation sites (tertiary alicyclic amines) is 1. The highest BCUT2D eigenvalue weighted by Crippen LogP contribution is 2.37. The molecule has 1 amide bonds. The molecule has 8 heteroatoms. The number of amides is 1. The zero-order valence-corrected chi connectivity index (χ0v) is 15.9. The predicted octanol–water partition coefficient (Wildman–Crippen LogP) is 1.64. The van der Waals surface area contributed by atoms with Gasteiger partial charge >= 0.3 is 0 Å². The van der Waals surface area contributed by atoms with Crippen LogP contribution in [0.15, 0.2) is 36.5 Å². The van der Waals surface area contributed by atoms with Crippen LogP contribution in [-0.2, 0) is 12.8 Å². The van der Waals surface area contributed by atoms with Crippen molar-refractivity contribution in [3.63, 3.8) is 0 Å². The average molecular weight is 398 g/mol. The number of alkyl halides is 2. The lowest BCUT2D eigenvalue weighted by molar-refractivity contribution is 0.0116. The number of carbonyl (C=O) groups excluding carboxylic acids is 1. The van der Waals surface area contributed by atoms with Gasteiger partial charge in [-0.25, -0.2) is 13.5 Å². The quantitative estimate of drug-likeness (QED) is 0.754. The lowest BCUT2D eigenvalue weighted by Gasteiger charge is -2.19. The minimum atomic E-state index is -2.94. The Bertz CT molecular complexity index is 1100. The Morgan fingerprint density at radius 3 is 2.79 bits per heavy atom.